The molecule has 0 saturated carbocycles. The summed E-state index contributed by atoms with van der Waals surface area (Å²) in [6.45, 7) is 0.283. The van der Waals surface area contributed by atoms with E-state index in [2.05, 4.69) is 0 Å². The normalized spacial score (nSPS) is 13.7. The van der Waals surface area contributed by atoms with Gasteiger partial charge in [-0.3, -0.25) is 4.79 Å². The Morgan fingerprint density at radius 2 is 1.40 bits per heavy atom. The highest BCUT2D eigenvalue weighted by Crippen LogP contribution is 1.87. The summed E-state index contributed by atoms with van der Waals surface area (Å²) in [6.07, 6.45) is -1.83. The van der Waals surface area contributed by atoms with Gasteiger partial charge in [-0.2, -0.15) is 0 Å². The number of rotatable bonds is 6. The van der Waals surface area contributed by atoms with Crippen molar-refractivity contribution in [2.24, 2.45) is 0 Å². The zero-order chi connectivity index (χ0) is 12.3. The lowest BCUT2D eigenvalue weighted by Gasteiger charge is -2.10. The van der Waals surface area contributed by atoms with E-state index in [0.29, 0.717) is 0 Å². The van der Waals surface area contributed by atoms with Gasteiger partial charge in [0.2, 0.25) is 0 Å². The van der Waals surface area contributed by atoms with E-state index in [-0.39, 0.29) is 26.4 Å². The highest BCUT2D eigenvalue weighted by atomic mass is 16.5. The Balaban J connectivity index is 0. The van der Waals surface area contributed by atoms with Crippen molar-refractivity contribution >= 4 is 5.97 Å². The summed E-state index contributed by atoms with van der Waals surface area (Å²) in [5, 5.41) is 41.5. The average Bonchev–Trinajstić information content (AvgIpc) is 2.16. The zero-order valence-corrected chi connectivity index (χ0v) is 8.54. The van der Waals surface area contributed by atoms with Crippen LogP contribution < -0.4 is 0 Å². The second-order valence-electron chi connectivity index (χ2n) is 2.73. The first kappa shape index (κ1) is 16.7. The SMILES string of the molecule is CC(=O)O.OCC(O)COCC(O)CO. The molecule has 0 aliphatic heterocycles. The molecule has 2 unspecified atom stereocenters. The summed E-state index contributed by atoms with van der Waals surface area (Å²) in [5.41, 5.74) is 0. The molecule has 0 heterocycles. The summed E-state index contributed by atoms with van der Waals surface area (Å²) in [6, 6.07) is 0. The van der Waals surface area contributed by atoms with E-state index in [9.17, 15) is 0 Å². The van der Waals surface area contributed by atoms with Crippen LogP contribution in [0.3, 0.4) is 0 Å². The number of hydrogen-bond donors (Lipinski definition) is 5. The van der Waals surface area contributed by atoms with E-state index < -0.39 is 18.2 Å². The monoisotopic (exact) mass is 226 g/mol. The highest BCUT2D eigenvalue weighted by Gasteiger charge is 2.04. The van der Waals surface area contributed by atoms with Crippen molar-refractivity contribution in [1.29, 1.82) is 0 Å². The van der Waals surface area contributed by atoms with Crippen LogP contribution in [0.25, 0.3) is 0 Å². The van der Waals surface area contributed by atoms with Gasteiger partial charge in [0.15, 0.2) is 0 Å². The molecule has 92 valence electrons. The van der Waals surface area contributed by atoms with Crippen LogP contribution in [0.4, 0.5) is 0 Å². The van der Waals surface area contributed by atoms with Crippen LogP contribution in [0.1, 0.15) is 6.92 Å². The summed E-state index contributed by atoms with van der Waals surface area (Å²) in [4.78, 5) is 9.00. The van der Waals surface area contributed by atoms with Crippen molar-refractivity contribution in [3.63, 3.8) is 0 Å². The van der Waals surface area contributed by atoms with Crippen molar-refractivity contribution in [3.8, 4) is 0 Å². The Kier molecular flexibility index (Phi) is 12.6. The number of ether oxygens (including phenoxy) is 1. The molecule has 2 atom stereocenters. The van der Waals surface area contributed by atoms with Gasteiger partial charge in [-0.15, -0.1) is 0 Å². The van der Waals surface area contributed by atoms with Crippen LogP contribution in [0.5, 0.6) is 0 Å². The standard InChI is InChI=1S/C6H14O5.C2H4O2/c7-1-5(9)3-11-4-6(10)2-8;1-2(3)4/h5-10H,1-4H2;1H3,(H,3,4). The van der Waals surface area contributed by atoms with Crippen molar-refractivity contribution in [1.82, 2.24) is 0 Å². The zero-order valence-electron chi connectivity index (χ0n) is 8.54. The first-order chi connectivity index (χ1) is 6.93. The summed E-state index contributed by atoms with van der Waals surface area (Å²) in [7, 11) is 0. The molecule has 5 N–H and O–H groups in total. The minimum Gasteiger partial charge on any atom is -0.481 e. The van der Waals surface area contributed by atoms with Gasteiger partial charge in [-0.05, 0) is 0 Å². The molecular formula is C8H18O7. The maximum absolute atomic E-state index is 9.00. The molecule has 0 aromatic carbocycles. The lowest BCUT2D eigenvalue weighted by atomic mass is 10.4. The molecule has 0 aliphatic carbocycles. The second-order valence-corrected chi connectivity index (χ2v) is 2.73. The molecule has 0 saturated heterocycles. The Labute approximate surface area is 87.5 Å². The van der Waals surface area contributed by atoms with Crippen LogP contribution in [0, 0.1) is 0 Å². The van der Waals surface area contributed by atoms with Crippen molar-refractivity contribution in [2.45, 2.75) is 19.1 Å². The van der Waals surface area contributed by atoms with Crippen molar-refractivity contribution < 1.29 is 35.1 Å². The van der Waals surface area contributed by atoms with Gasteiger partial charge >= 0.3 is 0 Å². The van der Waals surface area contributed by atoms with Gasteiger partial charge in [0, 0.05) is 6.92 Å². The van der Waals surface area contributed by atoms with Crippen LogP contribution in [0.2, 0.25) is 0 Å². The third kappa shape index (κ3) is 19.6. The van der Waals surface area contributed by atoms with E-state index >= 15 is 0 Å². The van der Waals surface area contributed by atoms with Gasteiger partial charge in [0.05, 0.1) is 26.4 Å². The highest BCUT2D eigenvalue weighted by molar-refractivity contribution is 5.62. The molecule has 0 bridgehead atoms. The van der Waals surface area contributed by atoms with E-state index in [1.807, 2.05) is 0 Å². The molecule has 0 rings (SSSR count). The summed E-state index contributed by atoms with van der Waals surface area (Å²) >= 11 is 0. The molecule has 0 aromatic heterocycles. The van der Waals surface area contributed by atoms with Gasteiger partial charge in [-0.25, -0.2) is 0 Å². The van der Waals surface area contributed by atoms with Crippen LogP contribution in [0.15, 0.2) is 0 Å². The first-order valence-corrected chi connectivity index (χ1v) is 4.29. The van der Waals surface area contributed by atoms with E-state index in [0.717, 1.165) is 6.92 Å². The molecular weight excluding hydrogens is 208 g/mol. The van der Waals surface area contributed by atoms with Gasteiger partial charge in [-0.1, -0.05) is 0 Å². The summed E-state index contributed by atoms with van der Waals surface area (Å²) < 4.78 is 4.72. The first-order valence-electron chi connectivity index (χ1n) is 4.29. The number of hydrogen-bond acceptors (Lipinski definition) is 6. The fourth-order valence-electron chi connectivity index (χ4n) is 0.446. The molecule has 15 heavy (non-hydrogen) atoms. The second kappa shape index (κ2) is 11.3. The van der Waals surface area contributed by atoms with Gasteiger partial charge < -0.3 is 30.3 Å². The van der Waals surface area contributed by atoms with Crippen LogP contribution >= 0.6 is 0 Å². The third-order valence-corrected chi connectivity index (χ3v) is 1.04. The Bertz CT molecular complexity index is 136. The molecule has 0 fully saturated rings. The predicted octanol–water partition coefficient (Wildman–Crippen LogP) is -2.20. The fourth-order valence-corrected chi connectivity index (χ4v) is 0.446. The van der Waals surface area contributed by atoms with E-state index in [4.69, 9.17) is 35.1 Å². The quantitative estimate of drug-likeness (QED) is 0.348. The maximum Gasteiger partial charge on any atom is 0.300 e. The molecule has 0 spiro atoms. The lowest BCUT2D eigenvalue weighted by Crippen LogP contribution is -2.25. The number of aliphatic hydroxyl groups is 4. The molecule has 7 nitrogen and oxygen atoms in total. The predicted molar refractivity (Wildman–Crippen MR) is 50.3 cm³/mol. The number of aliphatic hydroxyl groups excluding tert-OH is 4. The number of carboxylic acids is 1. The number of carboxylic acid groups (broad SMARTS) is 1. The molecule has 0 radical (unpaired) electrons. The Morgan fingerprint density at radius 1 is 1.13 bits per heavy atom. The largest absolute Gasteiger partial charge is 0.481 e. The third-order valence-electron chi connectivity index (χ3n) is 1.04. The Morgan fingerprint density at radius 3 is 1.60 bits per heavy atom. The summed E-state index contributed by atoms with van der Waals surface area (Å²) in [5.74, 6) is -0.833. The van der Waals surface area contributed by atoms with Crippen molar-refractivity contribution in [2.75, 3.05) is 26.4 Å². The van der Waals surface area contributed by atoms with Crippen molar-refractivity contribution in [3.05, 3.63) is 0 Å². The maximum atomic E-state index is 9.00. The van der Waals surface area contributed by atoms with E-state index in [1.54, 1.807) is 0 Å². The fraction of sp³-hybridized carbons (Fsp3) is 0.875. The minimum atomic E-state index is -0.916. The molecule has 0 aliphatic rings. The minimum absolute atomic E-state index is 0.0342. The molecule has 7 heteroatoms. The number of aliphatic carboxylic acids is 1. The van der Waals surface area contributed by atoms with Gasteiger partial charge in [0.1, 0.15) is 12.2 Å². The average molecular weight is 226 g/mol. The topological polar surface area (TPSA) is 127 Å². The number of carbonyl (C=O) groups is 1. The van der Waals surface area contributed by atoms with Gasteiger partial charge in [0.25, 0.3) is 5.97 Å². The smallest absolute Gasteiger partial charge is 0.300 e. The molecule has 0 aromatic rings. The Hall–Kier alpha value is -0.730. The lowest BCUT2D eigenvalue weighted by molar-refractivity contribution is -0.134. The van der Waals surface area contributed by atoms with E-state index in [1.165, 1.54) is 0 Å². The molecule has 0 amide bonds. The van der Waals surface area contributed by atoms with Crippen LogP contribution in [-0.4, -0.2) is 70.1 Å². The van der Waals surface area contributed by atoms with Crippen LogP contribution in [-0.2, 0) is 9.53 Å².